The van der Waals surface area contributed by atoms with E-state index in [4.69, 9.17) is 16.3 Å². The highest BCUT2D eigenvalue weighted by atomic mass is 35.5. The molecule has 1 amide bonds. The number of amides is 1. The van der Waals surface area contributed by atoms with E-state index in [0.29, 0.717) is 22.2 Å². The molecule has 2 aromatic heterocycles. The summed E-state index contributed by atoms with van der Waals surface area (Å²) in [5, 5.41) is 12.0. The van der Waals surface area contributed by atoms with E-state index in [1.165, 1.54) is 0 Å². The number of pyridine rings is 1. The summed E-state index contributed by atoms with van der Waals surface area (Å²) in [6.45, 7) is 1.92. The number of benzene rings is 2. The lowest BCUT2D eigenvalue weighted by Crippen LogP contribution is -2.27. The number of hydrogen-bond donors (Lipinski definition) is 1. The molecule has 4 aromatic rings. The van der Waals surface area contributed by atoms with Gasteiger partial charge >= 0.3 is 0 Å². The number of hydrogen-bond acceptors (Lipinski definition) is 5. The average molecular weight is 434 g/mol. The predicted molar refractivity (Wildman–Crippen MR) is 118 cm³/mol. The van der Waals surface area contributed by atoms with Gasteiger partial charge in [0, 0.05) is 23.0 Å². The first-order chi connectivity index (χ1) is 15.1. The van der Waals surface area contributed by atoms with Crippen molar-refractivity contribution in [2.24, 2.45) is 0 Å². The Morgan fingerprint density at radius 3 is 2.55 bits per heavy atom. The second kappa shape index (κ2) is 8.97. The van der Waals surface area contributed by atoms with Crippen LogP contribution in [0, 0.1) is 0 Å². The summed E-state index contributed by atoms with van der Waals surface area (Å²) in [4.78, 5) is 17.3. The van der Waals surface area contributed by atoms with Crippen molar-refractivity contribution in [1.29, 1.82) is 0 Å². The first-order valence-corrected chi connectivity index (χ1v) is 10.0. The Kier molecular flexibility index (Phi) is 5.95. The molecular weight excluding hydrogens is 414 g/mol. The third-order valence-corrected chi connectivity index (χ3v) is 5.09. The van der Waals surface area contributed by atoms with E-state index in [0.717, 1.165) is 11.1 Å². The molecule has 8 heteroatoms. The van der Waals surface area contributed by atoms with E-state index >= 15 is 0 Å². The van der Waals surface area contributed by atoms with Gasteiger partial charge in [0.25, 0.3) is 5.91 Å². The minimum atomic E-state index is -0.338. The monoisotopic (exact) mass is 433 g/mol. The van der Waals surface area contributed by atoms with Gasteiger partial charge in [-0.1, -0.05) is 47.1 Å². The molecule has 1 atom stereocenters. The number of halogens is 1. The van der Waals surface area contributed by atoms with Gasteiger partial charge in [0.2, 0.25) is 0 Å². The van der Waals surface area contributed by atoms with Gasteiger partial charge in [-0.25, -0.2) is 4.68 Å². The van der Waals surface area contributed by atoms with Crippen LogP contribution in [-0.2, 0) is 0 Å². The fraction of sp³-hybridized carbons (Fsp3) is 0.130. The lowest BCUT2D eigenvalue weighted by Gasteiger charge is -2.15. The Bertz CT molecular complexity index is 1200. The first kappa shape index (κ1) is 20.6. The number of nitrogens with zero attached hydrogens (tertiary/aromatic N) is 4. The zero-order valence-electron chi connectivity index (χ0n) is 17.0. The summed E-state index contributed by atoms with van der Waals surface area (Å²) in [7, 11) is 1.56. The molecule has 0 aliphatic heterocycles. The number of aromatic nitrogens is 4. The summed E-state index contributed by atoms with van der Waals surface area (Å²) in [5.74, 6) is 0.213. The van der Waals surface area contributed by atoms with Crippen molar-refractivity contribution < 1.29 is 9.53 Å². The molecule has 0 saturated heterocycles. The summed E-state index contributed by atoms with van der Waals surface area (Å²) in [6.07, 6.45) is 3.30. The molecule has 31 heavy (non-hydrogen) atoms. The molecular formula is C23H20ClN5O2. The Morgan fingerprint density at radius 1 is 1.10 bits per heavy atom. The van der Waals surface area contributed by atoms with Crippen molar-refractivity contribution >= 4 is 17.5 Å². The highest BCUT2D eigenvalue weighted by Gasteiger charge is 2.25. The second-order valence-electron chi connectivity index (χ2n) is 6.86. The van der Waals surface area contributed by atoms with E-state index in [9.17, 15) is 4.79 Å². The van der Waals surface area contributed by atoms with Gasteiger partial charge in [0.15, 0.2) is 5.69 Å². The molecule has 0 bridgehead atoms. The number of nitrogens with one attached hydrogen (secondary N) is 1. The van der Waals surface area contributed by atoms with Crippen LogP contribution in [0.15, 0.2) is 73.1 Å². The third kappa shape index (κ3) is 4.27. The van der Waals surface area contributed by atoms with Crippen LogP contribution >= 0.6 is 11.6 Å². The summed E-state index contributed by atoms with van der Waals surface area (Å²) >= 11 is 6.22. The fourth-order valence-corrected chi connectivity index (χ4v) is 3.46. The molecule has 156 valence electrons. The van der Waals surface area contributed by atoms with Crippen LogP contribution in [0.25, 0.3) is 16.9 Å². The molecule has 0 spiro atoms. The SMILES string of the molecule is COc1ccc(Cl)cc1-n1nnc(C(=O)N[C@@H](C)c2ccccc2)c1-c1ccncc1. The smallest absolute Gasteiger partial charge is 0.274 e. The van der Waals surface area contributed by atoms with Crippen molar-refractivity contribution in [3.63, 3.8) is 0 Å². The van der Waals surface area contributed by atoms with Crippen LogP contribution in [0.1, 0.15) is 29.0 Å². The second-order valence-corrected chi connectivity index (χ2v) is 7.29. The summed E-state index contributed by atoms with van der Waals surface area (Å²) < 4.78 is 7.04. The average Bonchev–Trinajstić information content (AvgIpc) is 3.25. The molecule has 0 unspecified atom stereocenters. The molecule has 0 aliphatic carbocycles. The first-order valence-electron chi connectivity index (χ1n) is 9.64. The Hall–Kier alpha value is -3.71. The molecule has 1 N–H and O–H groups in total. The highest BCUT2D eigenvalue weighted by Crippen LogP contribution is 2.31. The Morgan fingerprint density at radius 2 is 1.84 bits per heavy atom. The van der Waals surface area contributed by atoms with Gasteiger partial charge < -0.3 is 10.1 Å². The van der Waals surface area contributed by atoms with Crippen LogP contribution in [0.2, 0.25) is 5.02 Å². The molecule has 0 saturated carbocycles. The largest absolute Gasteiger partial charge is 0.494 e. The van der Waals surface area contributed by atoms with E-state index in [2.05, 4.69) is 20.6 Å². The molecule has 0 radical (unpaired) electrons. The maximum atomic E-state index is 13.2. The van der Waals surface area contributed by atoms with Crippen LogP contribution in [0.5, 0.6) is 5.75 Å². The molecule has 2 heterocycles. The van der Waals surface area contributed by atoms with Crippen LogP contribution < -0.4 is 10.1 Å². The predicted octanol–water partition coefficient (Wildman–Crippen LogP) is 4.48. The molecule has 2 aromatic carbocycles. The van der Waals surface area contributed by atoms with Crippen molar-refractivity contribution in [3.05, 3.63) is 89.3 Å². The lowest BCUT2D eigenvalue weighted by atomic mass is 10.1. The van der Waals surface area contributed by atoms with Crippen LogP contribution in [0.4, 0.5) is 0 Å². The van der Waals surface area contributed by atoms with Gasteiger partial charge in [-0.15, -0.1) is 5.10 Å². The topological polar surface area (TPSA) is 81.9 Å². The minimum Gasteiger partial charge on any atom is -0.494 e. The van der Waals surface area contributed by atoms with Gasteiger partial charge in [-0.2, -0.15) is 0 Å². The highest BCUT2D eigenvalue weighted by molar-refractivity contribution is 6.30. The van der Waals surface area contributed by atoms with Crippen molar-refractivity contribution in [2.45, 2.75) is 13.0 Å². The van der Waals surface area contributed by atoms with Gasteiger partial charge in [-0.3, -0.25) is 9.78 Å². The molecule has 0 fully saturated rings. The van der Waals surface area contributed by atoms with Crippen molar-refractivity contribution in [3.8, 4) is 22.7 Å². The van der Waals surface area contributed by atoms with Crippen molar-refractivity contribution in [1.82, 2.24) is 25.3 Å². The Labute approximate surface area is 184 Å². The maximum Gasteiger partial charge on any atom is 0.274 e. The number of carbonyl (C=O) groups excluding carboxylic acids is 1. The van der Waals surface area contributed by atoms with Crippen LogP contribution in [0.3, 0.4) is 0 Å². The van der Waals surface area contributed by atoms with E-state index in [-0.39, 0.29) is 17.6 Å². The molecule has 4 rings (SSSR count). The summed E-state index contributed by atoms with van der Waals surface area (Å²) in [6, 6.07) is 18.3. The number of rotatable bonds is 6. The molecule has 0 aliphatic rings. The zero-order chi connectivity index (χ0) is 21.8. The van der Waals surface area contributed by atoms with Gasteiger partial charge in [0.1, 0.15) is 17.1 Å². The normalized spacial score (nSPS) is 11.7. The minimum absolute atomic E-state index is 0.191. The third-order valence-electron chi connectivity index (χ3n) is 4.86. The zero-order valence-corrected chi connectivity index (χ0v) is 17.7. The van der Waals surface area contributed by atoms with E-state index in [1.54, 1.807) is 54.5 Å². The van der Waals surface area contributed by atoms with Gasteiger partial charge in [0.05, 0.1) is 13.2 Å². The van der Waals surface area contributed by atoms with Crippen LogP contribution in [-0.4, -0.2) is 33.0 Å². The van der Waals surface area contributed by atoms with E-state index in [1.807, 2.05) is 37.3 Å². The summed E-state index contributed by atoms with van der Waals surface area (Å²) in [5.41, 5.74) is 3.01. The number of ether oxygens (including phenoxy) is 1. The van der Waals surface area contributed by atoms with Crippen molar-refractivity contribution in [2.75, 3.05) is 7.11 Å². The maximum absolute atomic E-state index is 13.2. The number of carbonyl (C=O) groups is 1. The van der Waals surface area contributed by atoms with E-state index < -0.39 is 0 Å². The fourth-order valence-electron chi connectivity index (χ4n) is 3.29. The quantitative estimate of drug-likeness (QED) is 0.484. The number of methoxy groups -OCH3 is 1. The standard InChI is InChI=1S/C23H20ClN5O2/c1-15(16-6-4-3-5-7-16)26-23(30)21-22(17-10-12-25-13-11-17)29(28-27-21)19-14-18(24)8-9-20(19)31-2/h3-15H,1-2H3,(H,26,30)/t15-/m0/s1. The molecule has 7 nitrogen and oxygen atoms in total. The Balaban J connectivity index is 1.79. The lowest BCUT2D eigenvalue weighted by molar-refractivity contribution is 0.0935. The van der Waals surface area contributed by atoms with Gasteiger partial charge in [-0.05, 0) is 42.8 Å².